The van der Waals surface area contributed by atoms with Crippen LogP contribution in [-0.4, -0.2) is 28.7 Å². The highest BCUT2D eigenvalue weighted by atomic mass is 32.1. The van der Waals surface area contributed by atoms with E-state index in [0.717, 1.165) is 24.3 Å². The van der Waals surface area contributed by atoms with E-state index in [1.54, 1.807) is 24.1 Å². The fourth-order valence-electron chi connectivity index (χ4n) is 3.34. The van der Waals surface area contributed by atoms with Gasteiger partial charge < -0.3 is 4.74 Å². The van der Waals surface area contributed by atoms with E-state index < -0.39 is 5.91 Å². The van der Waals surface area contributed by atoms with Crippen LogP contribution in [0.4, 0.5) is 0 Å². The SMILES string of the molecule is COc1ccc(-n2ccc(C(=O)NNC(=O)c3cc4c(s3)CCCCC4)n2)cc1. The number of aryl methyl sites for hydroxylation is 2. The fourth-order valence-corrected chi connectivity index (χ4v) is 4.49. The molecule has 0 saturated heterocycles. The average molecular weight is 410 g/mol. The second kappa shape index (κ2) is 8.48. The number of rotatable bonds is 4. The van der Waals surface area contributed by atoms with Gasteiger partial charge in [0.2, 0.25) is 0 Å². The van der Waals surface area contributed by atoms with Crippen LogP contribution in [0.3, 0.4) is 0 Å². The van der Waals surface area contributed by atoms with Gasteiger partial charge in [-0.2, -0.15) is 5.10 Å². The van der Waals surface area contributed by atoms with Crippen molar-refractivity contribution in [1.82, 2.24) is 20.6 Å². The Labute approximate surface area is 172 Å². The molecule has 2 heterocycles. The summed E-state index contributed by atoms with van der Waals surface area (Å²) in [7, 11) is 1.60. The maximum atomic E-state index is 12.4. The standard InChI is InChI=1S/C21H22N4O3S/c1-28-16-9-7-15(8-10-16)25-12-11-17(24-25)20(26)22-23-21(27)19-13-14-5-3-2-4-6-18(14)29-19/h7-13H,2-6H2,1H3,(H,22,26)(H,23,27). The molecule has 0 radical (unpaired) electrons. The molecule has 0 aliphatic heterocycles. The van der Waals surface area contributed by atoms with Crippen LogP contribution in [-0.2, 0) is 12.8 Å². The lowest BCUT2D eigenvalue weighted by molar-refractivity contribution is 0.0846. The second-order valence-corrected chi connectivity index (χ2v) is 8.01. The molecule has 0 unspecified atom stereocenters. The van der Waals surface area contributed by atoms with Crippen LogP contribution >= 0.6 is 11.3 Å². The van der Waals surface area contributed by atoms with Crippen molar-refractivity contribution in [3.05, 3.63) is 63.6 Å². The molecule has 4 rings (SSSR count). The molecule has 3 aromatic rings. The lowest BCUT2D eigenvalue weighted by Crippen LogP contribution is -2.41. The van der Waals surface area contributed by atoms with Crippen LogP contribution in [0.25, 0.3) is 5.69 Å². The topological polar surface area (TPSA) is 85.2 Å². The Hall–Kier alpha value is -3.13. The number of nitrogens with one attached hydrogen (secondary N) is 2. The molecule has 1 aromatic carbocycles. The number of carbonyl (C=O) groups excluding carboxylic acids is 2. The third kappa shape index (κ3) is 4.32. The summed E-state index contributed by atoms with van der Waals surface area (Å²) >= 11 is 1.52. The molecule has 7 nitrogen and oxygen atoms in total. The number of hydrogen-bond acceptors (Lipinski definition) is 5. The summed E-state index contributed by atoms with van der Waals surface area (Å²) in [5.41, 5.74) is 7.21. The van der Waals surface area contributed by atoms with Crippen molar-refractivity contribution in [3.63, 3.8) is 0 Å². The molecule has 1 aliphatic carbocycles. The first-order chi connectivity index (χ1) is 14.1. The van der Waals surface area contributed by atoms with Gasteiger partial charge in [-0.05, 0) is 67.6 Å². The van der Waals surface area contributed by atoms with Crippen molar-refractivity contribution in [1.29, 1.82) is 0 Å². The third-order valence-electron chi connectivity index (χ3n) is 4.92. The first-order valence-electron chi connectivity index (χ1n) is 9.56. The maximum absolute atomic E-state index is 12.4. The third-order valence-corrected chi connectivity index (χ3v) is 6.15. The van der Waals surface area contributed by atoms with Gasteiger partial charge in [-0.1, -0.05) is 6.42 Å². The highest BCUT2D eigenvalue weighted by Gasteiger charge is 2.17. The molecule has 29 heavy (non-hydrogen) atoms. The van der Waals surface area contributed by atoms with Crippen LogP contribution in [0.15, 0.2) is 42.6 Å². The number of thiophene rings is 1. The Morgan fingerprint density at radius 2 is 1.79 bits per heavy atom. The molecule has 8 heteroatoms. The summed E-state index contributed by atoms with van der Waals surface area (Å²) < 4.78 is 6.73. The first-order valence-corrected chi connectivity index (χ1v) is 10.4. The molecule has 0 fully saturated rings. The molecule has 0 saturated carbocycles. The van der Waals surface area contributed by atoms with Crippen LogP contribution in [0.5, 0.6) is 5.75 Å². The van der Waals surface area contributed by atoms with Gasteiger partial charge in [-0.25, -0.2) is 4.68 Å². The number of ether oxygens (including phenoxy) is 1. The number of hydrogen-bond donors (Lipinski definition) is 2. The zero-order chi connectivity index (χ0) is 20.2. The Morgan fingerprint density at radius 1 is 1.03 bits per heavy atom. The van der Waals surface area contributed by atoms with E-state index in [0.29, 0.717) is 4.88 Å². The van der Waals surface area contributed by atoms with E-state index in [1.165, 1.54) is 41.0 Å². The number of carbonyl (C=O) groups is 2. The smallest absolute Gasteiger partial charge is 0.290 e. The van der Waals surface area contributed by atoms with E-state index in [4.69, 9.17) is 4.74 Å². The maximum Gasteiger partial charge on any atom is 0.290 e. The highest BCUT2D eigenvalue weighted by molar-refractivity contribution is 7.14. The summed E-state index contributed by atoms with van der Waals surface area (Å²) in [5, 5.41) is 4.27. The molecular weight excluding hydrogens is 388 g/mol. The van der Waals surface area contributed by atoms with Gasteiger partial charge >= 0.3 is 0 Å². The van der Waals surface area contributed by atoms with Gasteiger partial charge in [-0.15, -0.1) is 11.3 Å². The van der Waals surface area contributed by atoms with Crippen molar-refractivity contribution in [2.45, 2.75) is 32.1 Å². The monoisotopic (exact) mass is 410 g/mol. The average Bonchev–Trinajstić information content (AvgIpc) is 3.35. The minimum atomic E-state index is -0.469. The van der Waals surface area contributed by atoms with Crippen LogP contribution in [0.1, 0.15) is 49.9 Å². The van der Waals surface area contributed by atoms with Gasteiger partial charge in [0.05, 0.1) is 17.7 Å². The summed E-state index contributed by atoms with van der Waals surface area (Å²) in [5.74, 6) is -0.0257. The number of amides is 2. The zero-order valence-corrected chi connectivity index (χ0v) is 16.9. The molecule has 2 N–H and O–H groups in total. The van der Waals surface area contributed by atoms with Crippen LogP contribution in [0, 0.1) is 0 Å². The van der Waals surface area contributed by atoms with Crippen molar-refractivity contribution in [3.8, 4) is 11.4 Å². The second-order valence-electron chi connectivity index (χ2n) is 6.87. The minimum Gasteiger partial charge on any atom is -0.497 e. The van der Waals surface area contributed by atoms with Gasteiger partial charge in [-0.3, -0.25) is 20.4 Å². The van der Waals surface area contributed by atoms with Gasteiger partial charge in [0.25, 0.3) is 11.8 Å². The lowest BCUT2D eigenvalue weighted by atomic mass is 10.1. The molecule has 0 bridgehead atoms. The summed E-state index contributed by atoms with van der Waals surface area (Å²) in [6.07, 6.45) is 7.31. The van der Waals surface area contributed by atoms with Gasteiger partial charge in [0, 0.05) is 11.1 Å². The normalized spacial score (nSPS) is 13.3. The summed E-state index contributed by atoms with van der Waals surface area (Å²) in [6, 6.07) is 10.9. The van der Waals surface area contributed by atoms with Crippen molar-refractivity contribution in [2.24, 2.45) is 0 Å². The summed E-state index contributed by atoms with van der Waals surface area (Å²) in [4.78, 5) is 26.7. The molecule has 1 aliphatic rings. The number of methoxy groups -OCH3 is 1. The first kappa shape index (κ1) is 19.2. The van der Waals surface area contributed by atoms with Gasteiger partial charge in [0.15, 0.2) is 5.69 Å². The molecular formula is C21H22N4O3S. The lowest BCUT2D eigenvalue weighted by Gasteiger charge is -2.05. The number of nitrogens with zero attached hydrogens (tertiary/aromatic N) is 2. The molecule has 2 amide bonds. The minimum absolute atomic E-state index is 0.211. The Bertz CT molecular complexity index is 999. The van der Waals surface area contributed by atoms with Gasteiger partial charge in [0.1, 0.15) is 5.75 Å². The Balaban J connectivity index is 1.37. The summed E-state index contributed by atoms with van der Waals surface area (Å²) in [6.45, 7) is 0. The van der Waals surface area contributed by atoms with E-state index in [2.05, 4.69) is 16.0 Å². The van der Waals surface area contributed by atoms with Crippen molar-refractivity contribution in [2.75, 3.05) is 7.11 Å². The van der Waals surface area contributed by atoms with E-state index >= 15 is 0 Å². The highest BCUT2D eigenvalue weighted by Crippen LogP contribution is 2.28. The molecule has 2 aromatic heterocycles. The number of hydrazine groups is 1. The number of aromatic nitrogens is 2. The largest absolute Gasteiger partial charge is 0.497 e. The Kier molecular flexibility index (Phi) is 5.62. The zero-order valence-electron chi connectivity index (χ0n) is 16.1. The van der Waals surface area contributed by atoms with E-state index in [1.807, 2.05) is 30.3 Å². The van der Waals surface area contributed by atoms with Crippen LogP contribution in [0.2, 0.25) is 0 Å². The Morgan fingerprint density at radius 3 is 2.59 bits per heavy atom. The fraction of sp³-hybridized carbons (Fsp3) is 0.286. The predicted molar refractivity (Wildman–Crippen MR) is 111 cm³/mol. The number of benzene rings is 1. The number of fused-ring (bicyclic) bond motifs is 1. The van der Waals surface area contributed by atoms with Crippen LogP contribution < -0.4 is 15.6 Å². The quantitative estimate of drug-likeness (QED) is 0.511. The van der Waals surface area contributed by atoms with Crippen molar-refractivity contribution < 1.29 is 14.3 Å². The predicted octanol–water partition coefficient (Wildman–Crippen LogP) is 3.29. The molecule has 0 spiro atoms. The van der Waals surface area contributed by atoms with E-state index in [-0.39, 0.29) is 11.6 Å². The molecule has 0 atom stereocenters. The molecule has 150 valence electrons. The van der Waals surface area contributed by atoms with E-state index in [9.17, 15) is 9.59 Å². The van der Waals surface area contributed by atoms with Crippen molar-refractivity contribution >= 4 is 23.2 Å².